The van der Waals surface area contributed by atoms with Crippen LogP contribution in [0.4, 0.5) is 0 Å². The summed E-state index contributed by atoms with van der Waals surface area (Å²) in [5.41, 5.74) is 8.49. The van der Waals surface area contributed by atoms with Gasteiger partial charge in [-0.05, 0) is 52.6 Å². The first-order valence-corrected chi connectivity index (χ1v) is 21.4. The summed E-state index contributed by atoms with van der Waals surface area (Å²) in [6.45, 7) is 0. The fourth-order valence-electron chi connectivity index (χ4n) is 10.5. The highest BCUT2D eigenvalue weighted by molar-refractivity contribution is 6.26. The Morgan fingerprint density at radius 2 is 0.587 bits per heavy atom. The molecule has 0 bridgehead atoms. The van der Waals surface area contributed by atoms with E-state index in [2.05, 4.69) is 220 Å². The second-order valence-corrected chi connectivity index (χ2v) is 16.3. The lowest BCUT2D eigenvalue weighted by Gasteiger charge is -2.14. The summed E-state index contributed by atoms with van der Waals surface area (Å²) in [5.74, 6) is 1.69. The number of hydrogen-bond acceptors (Lipinski definition) is 3. The first-order valence-electron chi connectivity index (χ1n) is 21.4. The van der Waals surface area contributed by atoms with E-state index in [9.17, 15) is 0 Å². The summed E-state index contributed by atoms with van der Waals surface area (Å²) in [4.78, 5) is 16.6. The average molecular weight is 803 g/mol. The minimum atomic E-state index is 0.550. The molecule has 63 heavy (non-hydrogen) atoms. The monoisotopic (exact) mass is 802 g/mol. The van der Waals surface area contributed by atoms with Gasteiger partial charge in [0.15, 0.2) is 5.82 Å². The second kappa shape index (κ2) is 12.9. The van der Waals surface area contributed by atoms with E-state index in [1.807, 2.05) is 0 Å². The van der Waals surface area contributed by atoms with Crippen LogP contribution in [0.5, 0.6) is 0 Å². The second-order valence-electron chi connectivity index (χ2n) is 16.3. The first kappa shape index (κ1) is 34.1. The molecule has 5 heterocycles. The molecule has 0 aliphatic carbocycles. The molecule has 0 spiro atoms. The molecule has 0 radical (unpaired) electrons. The van der Waals surface area contributed by atoms with Gasteiger partial charge in [0.05, 0.1) is 38.6 Å². The molecule has 0 fully saturated rings. The van der Waals surface area contributed by atoms with E-state index >= 15 is 0 Å². The molecule has 14 aromatic rings. The molecule has 0 atom stereocenters. The maximum Gasteiger partial charge on any atom is 0.240 e. The highest BCUT2D eigenvalue weighted by atomic mass is 15.3. The highest BCUT2D eigenvalue weighted by Gasteiger charge is 2.22. The van der Waals surface area contributed by atoms with E-state index in [0.29, 0.717) is 17.7 Å². The predicted molar refractivity (Wildman–Crippen MR) is 261 cm³/mol. The normalized spacial score (nSPS) is 12.1. The molecule has 9 aromatic carbocycles. The molecule has 0 N–H and O–H groups in total. The quantitative estimate of drug-likeness (QED) is 0.179. The lowest BCUT2D eigenvalue weighted by atomic mass is 9.97. The van der Waals surface area contributed by atoms with Gasteiger partial charge in [0, 0.05) is 54.0 Å². The standard InChI is InChI=1S/C57H34N6/c1-2-18-36-35(17-1)42-25-15-28-46(53(42)45-24-8-14-34-52(45)61-47-29-9-7-23-41(47)44-27-16-26-43(36)54(44)61)55-58-56(62-48-30-10-3-19-37(48)38-20-4-11-31-49(38)62)60-57(59-55)63-50-32-12-5-21-39(50)40-22-6-13-33-51(40)63/h1-34H. The topological polar surface area (TPSA) is 52.9 Å². The van der Waals surface area contributed by atoms with Crippen LogP contribution in [0.3, 0.4) is 0 Å². The molecule has 292 valence electrons. The third-order valence-electron chi connectivity index (χ3n) is 13.1. The van der Waals surface area contributed by atoms with E-state index in [-0.39, 0.29) is 0 Å². The zero-order chi connectivity index (χ0) is 41.2. The maximum absolute atomic E-state index is 5.57. The van der Waals surface area contributed by atoms with Gasteiger partial charge >= 0.3 is 0 Å². The lowest BCUT2D eigenvalue weighted by Crippen LogP contribution is -2.10. The number of benzene rings is 9. The number of para-hydroxylation sites is 7. The molecule has 0 unspecified atom stereocenters. The van der Waals surface area contributed by atoms with Gasteiger partial charge in [-0.15, -0.1) is 0 Å². The highest BCUT2D eigenvalue weighted by Crippen LogP contribution is 2.42. The van der Waals surface area contributed by atoms with Crippen molar-refractivity contribution in [2.45, 2.75) is 0 Å². The van der Waals surface area contributed by atoms with E-state index < -0.39 is 0 Å². The smallest absolute Gasteiger partial charge is 0.240 e. The van der Waals surface area contributed by atoms with Crippen LogP contribution < -0.4 is 0 Å². The van der Waals surface area contributed by atoms with Gasteiger partial charge < -0.3 is 4.40 Å². The summed E-state index contributed by atoms with van der Waals surface area (Å²) in [6.07, 6.45) is 0. The zero-order valence-electron chi connectivity index (χ0n) is 33.8. The van der Waals surface area contributed by atoms with Crippen molar-refractivity contribution in [2.75, 3.05) is 0 Å². The molecule has 0 amide bonds. The largest absolute Gasteiger partial charge is 0.308 e. The molecular weight excluding hydrogens is 769 g/mol. The maximum atomic E-state index is 5.57. The third kappa shape index (κ3) is 4.74. The van der Waals surface area contributed by atoms with Crippen LogP contribution in [0, 0.1) is 0 Å². The first-order chi connectivity index (χ1) is 31.3. The van der Waals surface area contributed by atoms with Gasteiger partial charge in [-0.1, -0.05) is 170 Å². The Kier molecular flexibility index (Phi) is 7.02. The lowest BCUT2D eigenvalue weighted by molar-refractivity contribution is 0.893. The van der Waals surface area contributed by atoms with Crippen molar-refractivity contribution in [1.29, 1.82) is 0 Å². The number of aromatic nitrogens is 6. The summed E-state index contributed by atoms with van der Waals surface area (Å²) < 4.78 is 6.87. The Balaban J connectivity index is 1.21. The van der Waals surface area contributed by atoms with Crippen molar-refractivity contribution in [3.8, 4) is 23.3 Å². The summed E-state index contributed by atoms with van der Waals surface area (Å²) >= 11 is 0. The fraction of sp³-hybridized carbons (Fsp3) is 0. The third-order valence-corrected chi connectivity index (χ3v) is 13.1. The van der Waals surface area contributed by atoms with Gasteiger partial charge in [0.25, 0.3) is 0 Å². The van der Waals surface area contributed by atoms with E-state index in [1.54, 1.807) is 0 Å². The van der Waals surface area contributed by atoms with Crippen LogP contribution in [-0.2, 0) is 0 Å². The molecule has 0 saturated heterocycles. The Hall–Kier alpha value is -8.61. The van der Waals surface area contributed by atoms with Crippen LogP contribution in [-0.4, -0.2) is 28.5 Å². The van der Waals surface area contributed by atoms with Gasteiger partial charge in [-0.2, -0.15) is 15.0 Å². The van der Waals surface area contributed by atoms with E-state index in [1.165, 1.54) is 27.1 Å². The number of nitrogens with zero attached hydrogens (tertiary/aromatic N) is 6. The Labute approximate surface area is 359 Å². The average Bonchev–Trinajstić information content (AvgIpc) is 4.00. The van der Waals surface area contributed by atoms with Crippen LogP contribution in [0.2, 0.25) is 0 Å². The van der Waals surface area contributed by atoms with Crippen molar-refractivity contribution in [3.63, 3.8) is 0 Å². The van der Waals surface area contributed by atoms with Crippen molar-refractivity contribution >= 4 is 103 Å². The zero-order valence-corrected chi connectivity index (χ0v) is 33.8. The van der Waals surface area contributed by atoms with Gasteiger partial charge in [-0.3, -0.25) is 9.13 Å². The molecule has 6 nitrogen and oxygen atoms in total. The van der Waals surface area contributed by atoms with Crippen LogP contribution >= 0.6 is 0 Å². The predicted octanol–water partition coefficient (Wildman–Crippen LogP) is 14.3. The Morgan fingerprint density at radius 3 is 1.10 bits per heavy atom. The minimum Gasteiger partial charge on any atom is -0.308 e. The van der Waals surface area contributed by atoms with Crippen molar-refractivity contribution < 1.29 is 0 Å². The molecule has 0 aliphatic heterocycles. The molecule has 0 saturated carbocycles. The van der Waals surface area contributed by atoms with Crippen LogP contribution in [0.1, 0.15) is 0 Å². The van der Waals surface area contributed by atoms with Gasteiger partial charge in [0.1, 0.15) is 0 Å². The SMILES string of the molecule is c1ccc2c(c1)c1cccc(-c3nc(-n4c5ccccc5c5ccccc54)nc(-n4c5ccccc5c5ccccc54)n3)c1c1ccccc1n1c3ccccc3c3cccc2c31. The molecule has 14 rings (SSSR count). The molecule has 5 aromatic heterocycles. The summed E-state index contributed by atoms with van der Waals surface area (Å²) in [6, 6.07) is 73.9. The summed E-state index contributed by atoms with van der Waals surface area (Å²) in [5, 5.41) is 13.8. The van der Waals surface area contributed by atoms with E-state index in [4.69, 9.17) is 15.0 Å². The number of hydrogen-bond donors (Lipinski definition) is 0. The van der Waals surface area contributed by atoms with Crippen molar-refractivity contribution in [1.82, 2.24) is 28.5 Å². The van der Waals surface area contributed by atoms with Crippen LogP contribution in [0.25, 0.3) is 127 Å². The number of fused-ring (bicyclic) bond motifs is 16. The van der Waals surface area contributed by atoms with Gasteiger partial charge in [-0.25, -0.2) is 0 Å². The molecule has 6 heteroatoms. The number of rotatable bonds is 3. The van der Waals surface area contributed by atoms with Gasteiger partial charge in [0.2, 0.25) is 11.9 Å². The van der Waals surface area contributed by atoms with Crippen molar-refractivity contribution in [2.24, 2.45) is 0 Å². The summed E-state index contributed by atoms with van der Waals surface area (Å²) in [7, 11) is 0. The van der Waals surface area contributed by atoms with Crippen LogP contribution in [0.15, 0.2) is 206 Å². The molecular formula is C57H34N6. The Bertz CT molecular complexity index is 4040. The molecule has 0 aliphatic rings. The van der Waals surface area contributed by atoms with E-state index in [0.717, 1.165) is 81.8 Å². The minimum absolute atomic E-state index is 0.550. The van der Waals surface area contributed by atoms with Crippen molar-refractivity contribution in [3.05, 3.63) is 206 Å². The fourth-order valence-corrected chi connectivity index (χ4v) is 10.5. The Morgan fingerprint density at radius 1 is 0.254 bits per heavy atom.